The number of benzene rings is 1. The SMILES string of the molecule is Cc1c(C(c2cccc(NCc3ncc(CN4CCC[C@H](C)C4)cc3C(F)(F)F)c2)C2CCC2)nnn1C(=O)OC(C)(C)C. The van der Waals surface area contributed by atoms with E-state index in [1.54, 1.807) is 27.0 Å². The third kappa shape index (κ3) is 7.60. The van der Waals surface area contributed by atoms with Crippen molar-refractivity contribution in [2.75, 3.05) is 18.4 Å². The molecule has 1 aliphatic carbocycles. The Balaban J connectivity index is 1.35. The fourth-order valence-corrected chi connectivity index (χ4v) is 6.26. The first-order valence-corrected chi connectivity index (χ1v) is 15.5. The van der Waals surface area contributed by atoms with Crippen LogP contribution in [0.2, 0.25) is 0 Å². The fourth-order valence-electron chi connectivity index (χ4n) is 6.26. The van der Waals surface area contributed by atoms with Crippen LogP contribution in [-0.2, 0) is 24.0 Å². The predicted molar refractivity (Wildman–Crippen MR) is 162 cm³/mol. The molecule has 3 heterocycles. The minimum absolute atomic E-state index is 0.0367. The number of halogens is 3. The average molecular weight is 613 g/mol. The summed E-state index contributed by atoms with van der Waals surface area (Å²) in [6.07, 6.45) is 1.84. The first-order chi connectivity index (χ1) is 20.8. The Morgan fingerprint density at radius 2 is 1.91 bits per heavy atom. The number of nitrogens with zero attached hydrogens (tertiary/aromatic N) is 5. The summed E-state index contributed by atoms with van der Waals surface area (Å²) in [5, 5.41) is 11.7. The van der Waals surface area contributed by atoms with Crippen LogP contribution in [0.3, 0.4) is 0 Å². The first-order valence-electron chi connectivity index (χ1n) is 15.5. The molecule has 0 amide bonds. The van der Waals surface area contributed by atoms with Crippen molar-refractivity contribution in [1.82, 2.24) is 24.9 Å². The summed E-state index contributed by atoms with van der Waals surface area (Å²) in [6, 6.07) is 8.93. The Morgan fingerprint density at radius 1 is 1.14 bits per heavy atom. The molecule has 2 fully saturated rings. The third-order valence-corrected chi connectivity index (χ3v) is 8.60. The maximum Gasteiger partial charge on any atom is 0.436 e. The maximum absolute atomic E-state index is 14.1. The maximum atomic E-state index is 14.1. The molecule has 1 saturated carbocycles. The molecule has 2 atom stereocenters. The summed E-state index contributed by atoms with van der Waals surface area (Å²) in [5.41, 5.74) is 2.14. The molecule has 1 aliphatic heterocycles. The molecule has 0 spiro atoms. The minimum atomic E-state index is -4.51. The molecule has 2 aliphatic rings. The molecule has 11 heteroatoms. The van der Waals surface area contributed by atoms with Gasteiger partial charge in [-0.1, -0.05) is 30.7 Å². The molecule has 0 radical (unpaired) electrons. The summed E-state index contributed by atoms with van der Waals surface area (Å²) in [7, 11) is 0. The number of anilines is 1. The van der Waals surface area contributed by atoms with Gasteiger partial charge in [-0.2, -0.15) is 13.2 Å². The van der Waals surface area contributed by atoms with Crippen molar-refractivity contribution >= 4 is 11.8 Å². The van der Waals surface area contributed by atoms with Gasteiger partial charge in [0.1, 0.15) is 5.60 Å². The molecule has 5 rings (SSSR count). The van der Waals surface area contributed by atoms with Crippen molar-refractivity contribution in [3.8, 4) is 0 Å². The molecule has 0 bridgehead atoms. The van der Waals surface area contributed by atoms with Crippen molar-refractivity contribution in [2.24, 2.45) is 11.8 Å². The van der Waals surface area contributed by atoms with E-state index in [0.717, 1.165) is 50.8 Å². The topological polar surface area (TPSA) is 85.2 Å². The first kappa shape index (κ1) is 31.9. The van der Waals surface area contributed by atoms with E-state index in [1.165, 1.54) is 10.7 Å². The zero-order valence-corrected chi connectivity index (χ0v) is 26.2. The number of likely N-dealkylation sites (tertiary alicyclic amines) is 1. The van der Waals surface area contributed by atoms with Gasteiger partial charge in [0.2, 0.25) is 0 Å². The zero-order valence-electron chi connectivity index (χ0n) is 26.2. The molecule has 1 unspecified atom stereocenters. The van der Waals surface area contributed by atoms with Crippen molar-refractivity contribution in [3.05, 3.63) is 70.3 Å². The molecule has 3 aromatic rings. The number of pyridine rings is 1. The number of ether oxygens (including phenoxy) is 1. The van der Waals surface area contributed by atoms with E-state index in [0.29, 0.717) is 41.0 Å². The van der Waals surface area contributed by atoms with E-state index in [2.05, 4.69) is 32.4 Å². The molecular formula is C33H43F3N6O2. The van der Waals surface area contributed by atoms with Crippen molar-refractivity contribution in [3.63, 3.8) is 0 Å². The van der Waals surface area contributed by atoms with E-state index in [1.807, 2.05) is 31.2 Å². The van der Waals surface area contributed by atoms with E-state index < -0.39 is 23.4 Å². The van der Waals surface area contributed by atoms with Crippen LogP contribution in [0.5, 0.6) is 0 Å². The van der Waals surface area contributed by atoms with Crippen molar-refractivity contribution in [2.45, 2.75) is 97.5 Å². The number of carbonyl (C=O) groups is 1. The van der Waals surface area contributed by atoms with Crippen LogP contribution in [0.1, 0.15) is 99.5 Å². The Morgan fingerprint density at radius 3 is 2.57 bits per heavy atom. The van der Waals surface area contributed by atoms with E-state index in [9.17, 15) is 18.0 Å². The summed E-state index contributed by atoms with van der Waals surface area (Å²) in [5.74, 6) is 0.756. The van der Waals surface area contributed by atoms with Gasteiger partial charge in [0.25, 0.3) is 0 Å². The monoisotopic (exact) mass is 612 g/mol. The number of hydrogen-bond acceptors (Lipinski definition) is 7. The third-order valence-electron chi connectivity index (χ3n) is 8.60. The molecule has 2 aromatic heterocycles. The summed E-state index contributed by atoms with van der Waals surface area (Å²) in [6.45, 7) is 11.6. The zero-order chi connectivity index (χ0) is 31.6. The molecular weight excluding hydrogens is 569 g/mol. The quantitative estimate of drug-likeness (QED) is 0.281. The van der Waals surface area contributed by atoms with Gasteiger partial charge in [-0.3, -0.25) is 9.88 Å². The highest BCUT2D eigenvalue weighted by molar-refractivity contribution is 5.70. The molecule has 1 N–H and O–H groups in total. The van der Waals surface area contributed by atoms with Crippen LogP contribution >= 0.6 is 0 Å². The normalized spacial score (nSPS) is 19.0. The lowest BCUT2D eigenvalue weighted by atomic mass is 9.71. The Bertz CT molecular complexity index is 1460. The van der Waals surface area contributed by atoms with Crippen LogP contribution in [0.4, 0.5) is 23.7 Å². The van der Waals surface area contributed by atoms with Gasteiger partial charge in [0, 0.05) is 30.9 Å². The predicted octanol–water partition coefficient (Wildman–Crippen LogP) is 7.56. The van der Waals surface area contributed by atoms with E-state index in [4.69, 9.17) is 4.74 Å². The van der Waals surface area contributed by atoms with E-state index in [-0.39, 0.29) is 18.2 Å². The van der Waals surface area contributed by atoms with Gasteiger partial charge in [-0.05, 0) is 101 Å². The highest BCUT2D eigenvalue weighted by atomic mass is 19.4. The van der Waals surface area contributed by atoms with Gasteiger partial charge in [-0.25, -0.2) is 4.79 Å². The number of nitrogens with one attached hydrogen (secondary N) is 1. The Kier molecular flexibility index (Phi) is 9.34. The van der Waals surface area contributed by atoms with Crippen LogP contribution in [0.15, 0.2) is 36.5 Å². The second kappa shape index (κ2) is 12.9. The number of hydrogen-bond donors (Lipinski definition) is 1. The second-order valence-corrected chi connectivity index (χ2v) is 13.4. The Hall–Kier alpha value is -3.47. The second-order valence-electron chi connectivity index (χ2n) is 13.4. The highest BCUT2D eigenvalue weighted by Crippen LogP contribution is 2.44. The highest BCUT2D eigenvalue weighted by Gasteiger charge is 2.36. The average Bonchev–Trinajstić information content (AvgIpc) is 3.29. The lowest BCUT2D eigenvalue weighted by Crippen LogP contribution is -2.33. The van der Waals surface area contributed by atoms with Gasteiger partial charge >= 0.3 is 12.3 Å². The van der Waals surface area contributed by atoms with Gasteiger partial charge < -0.3 is 10.1 Å². The molecule has 238 valence electrons. The molecule has 1 saturated heterocycles. The van der Waals surface area contributed by atoms with Crippen molar-refractivity contribution < 1.29 is 22.7 Å². The largest absolute Gasteiger partial charge is 0.442 e. The van der Waals surface area contributed by atoms with Crippen LogP contribution in [0, 0.1) is 18.8 Å². The van der Waals surface area contributed by atoms with Gasteiger partial charge in [0.15, 0.2) is 0 Å². The molecule has 8 nitrogen and oxygen atoms in total. The smallest absolute Gasteiger partial charge is 0.436 e. The van der Waals surface area contributed by atoms with Crippen molar-refractivity contribution in [1.29, 1.82) is 0 Å². The number of carbonyl (C=O) groups excluding carboxylic acids is 1. The summed E-state index contributed by atoms with van der Waals surface area (Å²) < 4.78 is 49.1. The Labute approximate surface area is 257 Å². The van der Waals surface area contributed by atoms with Crippen LogP contribution in [-0.4, -0.2) is 49.7 Å². The van der Waals surface area contributed by atoms with Crippen LogP contribution < -0.4 is 5.32 Å². The van der Waals surface area contributed by atoms with Gasteiger partial charge in [0.05, 0.1) is 29.2 Å². The number of piperidine rings is 1. The van der Waals surface area contributed by atoms with Gasteiger partial charge in [-0.15, -0.1) is 9.78 Å². The van der Waals surface area contributed by atoms with E-state index >= 15 is 0 Å². The number of rotatable bonds is 8. The molecule has 44 heavy (non-hydrogen) atoms. The minimum Gasteiger partial charge on any atom is -0.442 e. The lowest BCUT2D eigenvalue weighted by Gasteiger charge is -2.33. The number of alkyl halides is 3. The number of aromatic nitrogens is 4. The standard InChI is InChI=1S/C33H43F3N6O2/c1-21-9-8-14-41(19-21)20-23-15-27(33(34,35)36)28(38-17-23)18-37-26-13-7-12-25(16-26)29(24-10-6-11-24)30-22(2)42(40-39-30)31(43)44-32(3,4)5/h7,12-13,15-17,21,24,29,37H,6,8-11,14,18-20H2,1-5H3/t21-,29?/m0/s1. The summed E-state index contributed by atoms with van der Waals surface area (Å²) >= 11 is 0. The lowest BCUT2D eigenvalue weighted by molar-refractivity contribution is -0.138. The fraction of sp³-hybridized carbons (Fsp3) is 0.576. The summed E-state index contributed by atoms with van der Waals surface area (Å²) in [4.78, 5) is 19.2. The molecule has 1 aromatic carbocycles. The van der Waals surface area contributed by atoms with Crippen LogP contribution in [0.25, 0.3) is 0 Å².